The van der Waals surface area contributed by atoms with Gasteiger partial charge in [-0.15, -0.1) is 12.4 Å². The highest BCUT2D eigenvalue weighted by Crippen LogP contribution is 2.60. The van der Waals surface area contributed by atoms with Gasteiger partial charge in [-0.2, -0.15) is 0 Å². The Labute approximate surface area is 176 Å². The molecule has 4 bridgehead atoms. The van der Waals surface area contributed by atoms with E-state index in [9.17, 15) is 4.79 Å². The Bertz CT molecular complexity index is 660. The molecule has 154 valence electrons. The van der Waals surface area contributed by atoms with Crippen molar-refractivity contribution in [2.45, 2.75) is 64.3 Å². The number of halogens is 1. The molecule has 28 heavy (non-hydrogen) atoms. The fourth-order valence-corrected chi connectivity index (χ4v) is 7.07. The lowest BCUT2D eigenvalue weighted by atomic mass is 9.49. The highest BCUT2D eigenvalue weighted by molar-refractivity contribution is 5.85. The van der Waals surface area contributed by atoms with Crippen molar-refractivity contribution in [3.63, 3.8) is 0 Å². The summed E-state index contributed by atoms with van der Waals surface area (Å²) in [6.45, 7) is 5.23. The number of benzene rings is 1. The fraction of sp³-hybridized carbons (Fsp3) is 0.708. The van der Waals surface area contributed by atoms with Crippen LogP contribution >= 0.6 is 12.4 Å². The molecule has 1 aromatic rings. The number of likely N-dealkylation sites (tertiary alicyclic amines) is 1. The number of nitrogens with one attached hydrogen (secondary N) is 1. The van der Waals surface area contributed by atoms with E-state index in [1.165, 1.54) is 43.2 Å². The molecule has 0 radical (unpaired) electrons. The zero-order valence-corrected chi connectivity index (χ0v) is 18.0. The average Bonchev–Trinajstić information content (AvgIpc) is 3.16. The summed E-state index contributed by atoms with van der Waals surface area (Å²) in [5.41, 5.74) is 2.63. The largest absolute Gasteiger partial charge is 0.354 e. The van der Waals surface area contributed by atoms with Crippen LogP contribution < -0.4 is 5.32 Å². The van der Waals surface area contributed by atoms with Gasteiger partial charge in [0.25, 0.3) is 0 Å². The van der Waals surface area contributed by atoms with Crippen LogP contribution in [0.4, 0.5) is 0 Å². The lowest BCUT2D eigenvalue weighted by Gasteiger charge is -2.55. The molecule has 4 aliphatic carbocycles. The normalized spacial score (nSPS) is 34.8. The van der Waals surface area contributed by atoms with Crippen molar-refractivity contribution in [1.82, 2.24) is 10.2 Å². The van der Waals surface area contributed by atoms with Crippen LogP contribution in [0.2, 0.25) is 0 Å². The minimum absolute atomic E-state index is 0. The standard InChI is InChI=1S/C24H34N2O.ClH/c1-17-4-6-21(7-5-17)22(26-8-2-3-9-26)16-25-23(27)24-13-18-10-19(14-24)12-20(11-18)15-24;/h4-7,18-20,22H,2-3,8-16H2,1H3,(H,25,27);1H. The molecule has 5 aliphatic rings. The molecule has 1 aliphatic heterocycles. The molecular weight excluding hydrogens is 368 g/mol. The van der Waals surface area contributed by atoms with Crippen LogP contribution in [0.3, 0.4) is 0 Å². The third-order valence-electron chi connectivity index (χ3n) is 8.02. The smallest absolute Gasteiger partial charge is 0.226 e. The monoisotopic (exact) mass is 402 g/mol. The highest BCUT2D eigenvalue weighted by atomic mass is 35.5. The van der Waals surface area contributed by atoms with Crippen LogP contribution in [0, 0.1) is 30.1 Å². The molecule has 1 unspecified atom stereocenters. The minimum Gasteiger partial charge on any atom is -0.354 e. The Hall–Kier alpha value is -1.06. The Morgan fingerprint density at radius 1 is 1.04 bits per heavy atom. The first-order valence-corrected chi connectivity index (χ1v) is 11.2. The van der Waals surface area contributed by atoms with E-state index in [0.29, 0.717) is 11.9 Å². The van der Waals surface area contributed by atoms with Crippen LogP contribution in [-0.4, -0.2) is 30.4 Å². The Balaban J connectivity index is 0.00000192. The van der Waals surface area contributed by atoms with E-state index in [2.05, 4.69) is 41.4 Å². The molecule has 1 aromatic carbocycles. The molecule has 4 heteroatoms. The summed E-state index contributed by atoms with van der Waals surface area (Å²) in [4.78, 5) is 15.9. The Kier molecular flexibility index (Phi) is 5.77. The molecule has 4 saturated carbocycles. The predicted molar refractivity (Wildman–Crippen MR) is 116 cm³/mol. The van der Waals surface area contributed by atoms with Gasteiger partial charge in [-0.25, -0.2) is 0 Å². The first-order valence-electron chi connectivity index (χ1n) is 11.2. The van der Waals surface area contributed by atoms with Crippen molar-refractivity contribution < 1.29 is 4.79 Å². The molecule has 6 rings (SSSR count). The summed E-state index contributed by atoms with van der Waals surface area (Å²) in [6, 6.07) is 9.26. The summed E-state index contributed by atoms with van der Waals surface area (Å²) >= 11 is 0. The first kappa shape index (κ1) is 20.2. The molecule has 0 aromatic heterocycles. The van der Waals surface area contributed by atoms with Gasteiger partial charge in [-0.1, -0.05) is 29.8 Å². The van der Waals surface area contributed by atoms with Gasteiger partial charge in [0, 0.05) is 12.0 Å². The van der Waals surface area contributed by atoms with E-state index in [1.54, 1.807) is 0 Å². The quantitative estimate of drug-likeness (QED) is 0.760. The zero-order valence-electron chi connectivity index (χ0n) is 17.2. The van der Waals surface area contributed by atoms with E-state index < -0.39 is 0 Å². The first-order chi connectivity index (χ1) is 13.1. The van der Waals surface area contributed by atoms with Gasteiger partial charge in [-0.05, 0) is 94.7 Å². The fourth-order valence-electron chi connectivity index (χ4n) is 7.07. The maximum atomic E-state index is 13.4. The van der Waals surface area contributed by atoms with Crippen molar-refractivity contribution in [2.24, 2.45) is 23.2 Å². The molecule has 1 N–H and O–H groups in total. The van der Waals surface area contributed by atoms with Crippen molar-refractivity contribution in [3.05, 3.63) is 35.4 Å². The van der Waals surface area contributed by atoms with Gasteiger partial charge in [0.2, 0.25) is 5.91 Å². The molecular formula is C24H35ClN2O. The van der Waals surface area contributed by atoms with Crippen LogP contribution in [-0.2, 0) is 4.79 Å². The zero-order chi connectivity index (χ0) is 18.4. The third-order valence-corrected chi connectivity index (χ3v) is 8.02. The highest BCUT2D eigenvalue weighted by Gasteiger charge is 2.54. The molecule has 0 spiro atoms. The molecule has 1 atom stereocenters. The summed E-state index contributed by atoms with van der Waals surface area (Å²) in [6.07, 6.45) is 10.2. The SMILES string of the molecule is Cc1ccc(C(CNC(=O)C23CC4CC(CC(C4)C2)C3)N2CCCC2)cc1.Cl. The topological polar surface area (TPSA) is 32.3 Å². The predicted octanol–water partition coefficient (Wildman–Crippen LogP) is 4.89. The number of amides is 1. The number of aryl methyl sites for hydroxylation is 1. The summed E-state index contributed by atoms with van der Waals surface area (Å²) in [5, 5.41) is 3.45. The van der Waals surface area contributed by atoms with Crippen LogP contribution in [0.5, 0.6) is 0 Å². The number of hydrogen-bond donors (Lipinski definition) is 1. The molecule has 1 amide bonds. The van der Waals surface area contributed by atoms with Crippen molar-refractivity contribution in [2.75, 3.05) is 19.6 Å². The van der Waals surface area contributed by atoms with E-state index in [4.69, 9.17) is 0 Å². The molecule has 5 fully saturated rings. The van der Waals surface area contributed by atoms with E-state index >= 15 is 0 Å². The second-order valence-electron chi connectivity index (χ2n) is 10.1. The van der Waals surface area contributed by atoms with E-state index in [0.717, 1.165) is 56.7 Å². The third kappa shape index (κ3) is 3.73. The van der Waals surface area contributed by atoms with Gasteiger partial charge in [0.1, 0.15) is 0 Å². The van der Waals surface area contributed by atoms with Gasteiger partial charge in [0.05, 0.1) is 6.04 Å². The van der Waals surface area contributed by atoms with Gasteiger partial charge < -0.3 is 5.32 Å². The van der Waals surface area contributed by atoms with Crippen LogP contribution in [0.25, 0.3) is 0 Å². The van der Waals surface area contributed by atoms with Gasteiger partial charge in [0.15, 0.2) is 0 Å². The average molecular weight is 403 g/mol. The number of hydrogen-bond acceptors (Lipinski definition) is 2. The molecule has 1 heterocycles. The van der Waals surface area contributed by atoms with Crippen molar-refractivity contribution in [1.29, 1.82) is 0 Å². The van der Waals surface area contributed by atoms with Gasteiger partial charge >= 0.3 is 0 Å². The Morgan fingerprint density at radius 2 is 1.57 bits per heavy atom. The number of carbonyl (C=O) groups excluding carboxylic acids is 1. The number of nitrogens with zero attached hydrogens (tertiary/aromatic N) is 1. The molecule has 3 nitrogen and oxygen atoms in total. The maximum Gasteiger partial charge on any atom is 0.226 e. The molecule has 1 saturated heterocycles. The second kappa shape index (κ2) is 7.99. The second-order valence-corrected chi connectivity index (χ2v) is 10.1. The van der Waals surface area contributed by atoms with E-state index in [-0.39, 0.29) is 17.8 Å². The number of carbonyl (C=O) groups is 1. The van der Waals surface area contributed by atoms with Crippen LogP contribution in [0.1, 0.15) is 68.5 Å². The summed E-state index contributed by atoms with van der Waals surface area (Å²) in [5.74, 6) is 2.85. The number of rotatable bonds is 5. The summed E-state index contributed by atoms with van der Waals surface area (Å²) < 4.78 is 0. The van der Waals surface area contributed by atoms with Crippen LogP contribution in [0.15, 0.2) is 24.3 Å². The Morgan fingerprint density at radius 3 is 2.11 bits per heavy atom. The lowest BCUT2D eigenvalue weighted by Crippen LogP contribution is -2.54. The lowest BCUT2D eigenvalue weighted by molar-refractivity contribution is -0.146. The maximum absolute atomic E-state index is 13.4. The van der Waals surface area contributed by atoms with E-state index in [1.807, 2.05) is 0 Å². The minimum atomic E-state index is -0.0302. The van der Waals surface area contributed by atoms with Gasteiger partial charge in [-0.3, -0.25) is 9.69 Å². The van der Waals surface area contributed by atoms with Crippen molar-refractivity contribution in [3.8, 4) is 0 Å². The van der Waals surface area contributed by atoms with Crippen molar-refractivity contribution >= 4 is 18.3 Å². The summed E-state index contributed by atoms with van der Waals surface area (Å²) in [7, 11) is 0.